The Morgan fingerprint density at radius 2 is 1.10 bits per heavy atom. The highest BCUT2D eigenvalue weighted by atomic mass is 16.3. The van der Waals surface area contributed by atoms with E-state index in [0.717, 1.165) is 49.8 Å². The average molecular weight is 524 g/mol. The first-order valence-electron chi connectivity index (χ1n) is 13.7. The molecule has 0 fully saturated rings. The standard InChI is InChI=1S/C37H21N3O/c1-3-10-23(11-4-1)35-38-36(24-12-5-2-6-13-24)40-37(39-35)27-19-18-22-14-9-16-26-28-20-29-25-15-7-8-17-31(25)41-32(29)21-30(28)34(27)33(22)26/h1-21H. The summed E-state index contributed by atoms with van der Waals surface area (Å²) >= 11 is 0. The van der Waals surface area contributed by atoms with E-state index in [9.17, 15) is 0 Å². The van der Waals surface area contributed by atoms with Crippen molar-refractivity contribution in [2.75, 3.05) is 0 Å². The lowest BCUT2D eigenvalue weighted by Gasteiger charge is -2.12. The Morgan fingerprint density at radius 1 is 0.415 bits per heavy atom. The number of para-hydroxylation sites is 1. The van der Waals surface area contributed by atoms with Crippen molar-refractivity contribution in [1.29, 1.82) is 0 Å². The predicted octanol–water partition coefficient (Wildman–Crippen LogP) is 9.57. The summed E-state index contributed by atoms with van der Waals surface area (Å²) in [5.74, 6) is 1.96. The number of aromatic nitrogens is 3. The Hall–Kier alpha value is -5.61. The molecule has 4 heteroatoms. The number of nitrogens with zero attached hydrogens (tertiary/aromatic N) is 3. The van der Waals surface area contributed by atoms with Crippen LogP contribution in [0.25, 0.3) is 89.1 Å². The van der Waals surface area contributed by atoms with Crippen LogP contribution >= 0.6 is 0 Å². The molecule has 6 aromatic carbocycles. The molecule has 0 amide bonds. The second-order valence-electron chi connectivity index (χ2n) is 10.4. The zero-order valence-electron chi connectivity index (χ0n) is 21.9. The molecule has 8 aromatic rings. The summed E-state index contributed by atoms with van der Waals surface area (Å²) in [4.78, 5) is 15.0. The highest BCUT2D eigenvalue weighted by Gasteiger charge is 2.27. The number of hydrogen-bond donors (Lipinski definition) is 0. The Morgan fingerprint density at radius 3 is 1.85 bits per heavy atom. The van der Waals surface area contributed by atoms with Gasteiger partial charge in [-0.2, -0.15) is 0 Å². The molecule has 2 aromatic heterocycles. The van der Waals surface area contributed by atoms with E-state index in [4.69, 9.17) is 19.4 Å². The van der Waals surface area contributed by atoms with Crippen molar-refractivity contribution in [3.63, 3.8) is 0 Å². The van der Waals surface area contributed by atoms with Crippen LogP contribution in [-0.4, -0.2) is 15.0 Å². The summed E-state index contributed by atoms with van der Waals surface area (Å²) < 4.78 is 6.33. The molecule has 2 heterocycles. The van der Waals surface area contributed by atoms with Gasteiger partial charge in [-0.1, -0.05) is 103 Å². The SMILES string of the molecule is c1ccc(-c2nc(-c3ccccc3)nc(-c3ccc4cccc5c4c3-c3cc4oc6ccccc6c4cc3-5)n2)cc1. The average Bonchev–Trinajstić information content (AvgIpc) is 3.57. The van der Waals surface area contributed by atoms with Gasteiger partial charge in [0.15, 0.2) is 17.5 Å². The number of furan rings is 1. The Labute approximate surface area is 235 Å². The molecule has 0 saturated heterocycles. The van der Waals surface area contributed by atoms with Crippen LogP contribution in [0.4, 0.5) is 0 Å². The predicted molar refractivity (Wildman–Crippen MR) is 165 cm³/mol. The van der Waals surface area contributed by atoms with E-state index in [1.54, 1.807) is 0 Å². The first-order valence-corrected chi connectivity index (χ1v) is 13.7. The molecule has 0 saturated carbocycles. The van der Waals surface area contributed by atoms with Gasteiger partial charge in [-0.25, -0.2) is 15.0 Å². The van der Waals surface area contributed by atoms with Crippen LogP contribution in [0.2, 0.25) is 0 Å². The molecule has 0 bridgehead atoms. The van der Waals surface area contributed by atoms with Gasteiger partial charge in [0.2, 0.25) is 0 Å². The van der Waals surface area contributed by atoms with Crippen LogP contribution in [0, 0.1) is 0 Å². The summed E-state index contributed by atoms with van der Waals surface area (Å²) in [5, 5.41) is 4.68. The molecule has 41 heavy (non-hydrogen) atoms. The highest BCUT2D eigenvalue weighted by molar-refractivity contribution is 6.21. The van der Waals surface area contributed by atoms with Crippen molar-refractivity contribution >= 4 is 32.7 Å². The van der Waals surface area contributed by atoms with Crippen LogP contribution in [-0.2, 0) is 0 Å². The second-order valence-corrected chi connectivity index (χ2v) is 10.4. The summed E-state index contributed by atoms with van der Waals surface area (Å²) in [6, 6.07) is 43.8. The van der Waals surface area contributed by atoms with Crippen molar-refractivity contribution in [3.8, 4) is 56.4 Å². The van der Waals surface area contributed by atoms with Gasteiger partial charge in [0.1, 0.15) is 11.2 Å². The number of benzene rings is 6. The smallest absolute Gasteiger partial charge is 0.164 e. The molecule has 0 unspecified atom stereocenters. The van der Waals surface area contributed by atoms with E-state index >= 15 is 0 Å². The molecular formula is C37H21N3O. The minimum absolute atomic E-state index is 0.654. The molecule has 0 radical (unpaired) electrons. The molecule has 9 rings (SSSR count). The monoisotopic (exact) mass is 523 g/mol. The van der Waals surface area contributed by atoms with Crippen LogP contribution in [0.5, 0.6) is 0 Å². The van der Waals surface area contributed by atoms with Crippen LogP contribution in [0.3, 0.4) is 0 Å². The van der Waals surface area contributed by atoms with E-state index in [2.05, 4.69) is 54.6 Å². The summed E-state index contributed by atoms with van der Waals surface area (Å²) in [5.41, 5.74) is 9.38. The molecular weight excluding hydrogens is 502 g/mol. The van der Waals surface area contributed by atoms with Gasteiger partial charge >= 0.3 is 0 Å². The van der Waals surface area contributed by atoms with Gasteiger partial charge in [-0.3, -0.25) is 0 Å². The fourth-order valence-corrected chi connectivity index (χ4v) is 6.20. The van der Waals surface area contributed by atoms with Crippen LogP contribution in [0.15, 0.2) is 132 Å². The fraction of sp³-hybridized carbons (Fsp3) is 0. The van der Waals surface area contributed by atoms with Crippen molar-refractivity contribution < 1.29 is 4.42 Å². The van der Waals surface area contributed by atoms with Gasteiger partial charge in [-0.15, -0.1) is 0 Å². The molecule has 1 aliphatic rings. The van der Waals surface area contributed by atoms with E-state index in [0.29, 0.717) is 17.5 Å². The largest absolute Gasteiger partial charge is 0.456 e. The minimum Gasteiger partial charge on any atom is -0.456 e. The zero-order chi connectivity index (χ0) is 26.9. The van der Waals surface area contributed by atoms with Gasteiger partial charge < -0.3 is 4.42 Å². The normalized spacial score (nSPS) is 11.9. The molecule has 0 atom stereocenters. The van der Waals surface area contributed by atoms with E-state index in [1.165, 1.54) is 21.9 Å². The maximum Gasteiger partial charge on any atom is 0.164 e. The first kappa shape index (κ1) is 22.2. The summed E-state index contributed by atoms with van der Waals surface area (Å²) in [7, 11) is 0. The summed E-state index contributed by atoms with van der Waals surface area (Å²) in [6.07, 6.45) is 0. The van der Waals surface area contributed by atoms with Crippen molar-refractivity contribution in [3.05, 3.63) is 127 Å². The second kappa shape index (κ2) is 8.44. The van der Waals surface area contributed by atoms with E-state index < -0.39 is 0 Å². The Balaban J connectivity index is 1.35. The highest BCUT2D eigenvalue weighted by Crippen LogP contribution is 2.52. The lowest BCUT2D eigenvalue weighted by molar-refractivity contribution is 0.669. The third-order valence-electron chi connectivity index (χ3n) is 8.06. The maximum absolute atomic E-state index is 6.33. The molecule has 0 spiro atoms. The van der Waals surface area contributed by atoms with Gasteiger partial charge in [0, 0.05) is 33.0 Å². The van der Waals surface area contributed by atoms with Crippen LogP contribution < -0.4 is 0 Å². The molecule has 190 valence electrons. The van der Waals surface area contributed by atoms with Crippen molar-refractivity contribution in [1.82, 2.24) is 15.0 Å². The molecule has 4 nitrogen and oxygen atoms in total. The van der Waals surface area contributed by atoms with Gasteiger partial charge in [0.25, 0.3) is 0 Å². The molecule has 0 N–H and O–H groups in total. The third-order valence-corrected chi connectivity index (χ3v) is 8.06. The lowest BCUT2D eigenvalue weighted by atomic mass is 9.96. The van der Waals surface area contributed by atoms with E-state index in [1.807, 2.05) is 72.8 Å². The minimum atomic E-state index is 0.654. The van der Waals surface area contributed by atoms with Gasteiger partial charge in [-0.05, 0) is 51.7 Å². The van der Waals surface area contributed by atoms with Gasteiger partial charge in [0.05, 0.1) is 0 Å². The topological polar surface area (TPSA) is 51.8 Å². The Kier molecular flexibility index (Phi) is 4.58. The van der Waals surface area contributed by atoms with Crippen LogP contribution in [0.1, 0.15) is 0 Å². The number of rotatable bonds is 3. The molecule has 0 aliphatic heterocycles. The number of fused-ring (bicyclic) bond motifs is 6. The van der Waals surface area contributed by atoms with E-state index in [-0.39, 0.29) is 0 Å². The molecule has 1 aliphatic carbocycles. The first-order chi connectivity index (χ1) is 20.3. The van der Waals surface area contributed by atoms with Crippen molar-refractivity contribution in [2.24, 2.45) is 0 Å². The summed E-state index contributed by atoms with van der Waals surface area (Å²) in [6.45, 7) is 0. The quantitative estimate of drug-likeness (QED) is 0.231. The van der Waals surface area contributed by atoms with Crippen molar-refractivity contribution in [2.45, 2.75) is 0 Å². The number of hydrogen-bond acceptors (Lipinski definition) is 4. The lowest BCUT2D eigenvalue weighted by Crippen LogP contribution is -2.01. The zero-order valence-corrected chi connectivity index (χ0v) is 21.9. The Bertz CT molecular complexity index is 2250. The maximum atomic E-state index is 6.33. The third kappa shape index (κ3) is 3.31. The fourth-order valence-electron chi connectivity index (χ4n) is 6.20.